The first-order valence-corrected chi connectivity index (χ1v) is 9.10. The molecule has 1 unspecified atom stereocenters. The van der Waals surface area contributed by atoms with Crippen molar-refractivity contribution in [1.82, 2.24) is 19.7 Å². The molecule has 0 spiro atoms. The van der Waals surface area contributed by atoms with E-state index in [4.69, 9.17) is 23.2 Å². The molecule has 27 heavy (non-hydrogen) atoms. The average molecular weight is 404 g/mol. The minimum absolute atomic E-state index is 0.0642. The Morgan fingerprint density at radius 2 is 1.93 bits per heavy atom. The van der Waals surface area contributed by atoms with Gasteiger partial charge >= 0.3 is 0 Å². The van der Waals surface area contributed by atoms with E-state index in [0.29, 0.717) is 15.7 Å². The highest BCUT2D eigenvalue weighted by Gasteiger charge is 2.15. The van der Waals surface area contributed by atoms with E-state index in [2.05, 4.69) is 22.3 Å². The summed E-state index contributed by atoms with van der Waals surface area (Å²) in [7, 11) is 1.91. The van der Waals surface area contributed by atoms with E-state index in [0.717, 1.165) is 11.3 Å². The van der Waals surface area contributed by atoms with Crippen LogP contribution >= 0.6 is 23.2 Å². The fourth-order valence-corrected chi connectivity index (χ4v) is 2.94. The Balaban J connectivity index is 1.60. The van der Waals surface area contributed by atoms with Crippen LogP contribution in [0.1, 0.15) is 18.5 Å². The van der Waals surface area contributed by atoms with Gasteiger partial charge in [-0.05, 0) is 49.9 Å². The second-order valence-corrected chi connectivity index (χ2v) is 7.01. The standard InChI is InChI=1S/C19H19Cl2N5O/c1-13(14-3-6-16(7-4-14)26-12-22-11-23-26)25(2)10-19(27)24-15-5-8-17(20)18(21)9-15/h3-9,11-13H,10H2,1-2H3,(H,24,27). The Bertz CT molecular complexity index is 912. The number of nitrogens with one attached hydrogen (secondary N) is 1. The van der Waals surface area contributed by atoms with Crippen molar-refractivity contribution < 1.29 is 4.79 Å². The van der Waals surface area contributed by atoms with E-state index < -0.39 is 0 Å². The molecule has 0 saturated heterocycles. The Labute approximate surface area is 167 Å². The lowest BCUT2D eigenvalue weighted by Crippen LogP contribution is -2.32. The van der Waals surface area contributed by atoms with Crippen molar-refractivity contribution in [2.24, 2.45) is 0 Å². The number of aromatic nitrogens is 3. The van der Waals surface area contributed by atoms with Gasteiger partial charge in [-0.3, -0.25) is 9.69 Å². The molecule has 3 aromatic rings. The molecule has 0 aliphatic rings. The molecule has 1 aromatic heterocycles. The number of benzene rings is 2. The van der Waals surface area contributed by atoms with Gasteiger partial charge in [-0.25, -0.2) is 9.67 Å². The lowest BCUT2D eigenvalue weighted by molar-refractivity contribution is -0.117. The van der Waals surface area contributed by atoms with Gasteiger partial charge in [0.25, 0.3) is 0 Å². The number of anilines is 1. The fraction of sp³-hybridized carbons (Fsp3) is 0.211. The predicted molar refractivity (Wildman–Crippen MR) is 107 cm³/mol. The molecule has 6 nitrogen and oxygen atoms in total. The Kier molecular flexibility index (Phi) is 6.11. The van der Waals surface area contributed by atoms with Crippen LogP contribution in [0.2, 0.25) is 10.0 Å². The first-order valence-electron chi connectivity index (χ1n) is 8.34. The Morgan fingerprint density at radius 1 is 1.19 bits per heavy atom. The van der Waals surface area contributed by atoms with E-state index in [1.807, 2.05) is 36.2 Å². The van der Waals surface area contributed by atoms with Crippen LogP contribution in [0.4, 0.5) is 5.69 Å². The summed E-state index contributed by atoms with van der Waals surface area (Å²) in [5.74, 6) is -0.123. The zero-order valence-corrected chi connectivity index (χ0v) is 16.4. The molecule has 140 valence electrons. The number of carbonyl (C=O) groups excluding carboxylic acids is 1. The number of hydrogen-bond donors (Lipinski definition) is 1. The second-order valence-electron chi connectivity index (χ2n) is 6.20. The van der Waals surface area contributed by atoms with Crippen molar-refractivity contribution in [2.75, 3.05) is 18.9 Å². The maximum absolute atomic E-state index is 12.3. The van der Waals surface area contributed by atoms with Crippen LogP contribution in [0.5, 0.6) is 0 Å². The van der Waals surface area contributed by atoms with Gasteiger partial charge < -0.3 is 5.32 Å². The Hall–Kier alpha value is -2.41. The van der Waals surface area contributed by atoms with Gasteiger partial charge in [0.2, 0.25) is 5.91 Å². The summed E-state index contributed by atoms with van der Waals surface area (Å²) in [5.41, 5.74) is 2.65. The number of carbonyl (C=O) groups is 1. The third kappa shape index (κ3) is 4.86. The van der Waals surface area contributed by atoms with Crippen molar-refractivity contribution >= 4 is 34.8 Å². The summed E-state index contributed by atoms with van der Waals surface area (Å²) >= 11 is 11.9. The molecule has 1 N–H and O–H groups in total. The number of nitrogens with zero attached hydrogens (tertiary/aromatic N) is 4. The maximum Gasteiger partial charge on any atom is 0.238 e. The molecule has 0 aliphatic carbocycles. The maximum atomic E-state index is 12.3. The molecule has 0 radical (unpaired) electrons. The second kappa shape index (κ2) is 8.52. The van der Waals surface area contributed by atoms with Crippen molar-refractivity contribution in [2.45, 2.75) is 13.0 Å². The van der Waals surface area contributed by atoms with Crippen LogP contribution in [0.25, 0.3) is 5.69 Å². The fourth-order valence-electron chi connectivity index (χ4n) is 2.64. The van der Waals surface area contributed by atoms with Gasteiger partial charge in [0.1, 0.15) is 12.7 Å². The van der Waals surface area contributed by atoms with Crippen LogP contribution in [-0.4, -0.2) is 39.2 Å². The summed E-state index contributed by atoms with van der Waals surface area (Å²) in [6.07, 6.45) is 3.15. The van der Waals surface area contributed by atoms with Gasteiger partial charge in [-0.15, -0.1) is 0 Å². The van der Waals surface area contributed by atoms with E-state index in [1.165, 1.54) is 6.33 Å². The number of rotatable bonds is 6. The molecule has 0 aliphatic heterocycles. The zero-order valence-electron chi connectivity index (χ0n) is 14.9. The summed E-state index contributed by atoms with van der Waals surface area (Å²) in [6, 6.07) is 13.1. The summed E-state index contributed by atoms with van der Waals surface area (Å²) in [5, 5.41) is 7.80. The molecule has 2 aromatic carbocycles. The molecule has 0 saturated carbocycles. The lowest BCUT2D eigenvalue weighted by atomic mass is 10.1. The predicted octanol–water partition coefficient (Wildman–Crippen LogP) is 4.21. The SMILES string of the molecule is CC(c1ccc(-n2cncn2)cc1)N(C)CC(=O)Nc1ccc(Cl)c(Cl)c1. The van der Waals surface area contributed by atoms with E-state index >= 15 is 0 Å². The molecule has 8 heteroatoms. The number of likely N-dealkylation sites (N-methyl/N-ethyl adjacent to an activating group) is 1. The molecule has 1 heterocycles. The third-order valence-electron chi connectivity index (χ3n) is 4.32. The van der Waals surface area contributed by atoms with E-state index in [-0.39, 0.29) is 18.5 Å². The molecule has 0 bridgehead atoms. The van der Waals surface area contributed by atoms with Crippen LogP contribution in [0, 0.1) is 0 Å². The largest absolute Gasteiger partial charge is 0.325 e. The van der Waals surface area contributed by atoms with Gasteiger partial charge in [0.15, 0.2) is 0 Å². The molecule has 1 atom stereocenters. The minimum atomic E-state index is -0.123. The molecule has 1 amide bonds. The molecule has 0 fully saturated rings. The lowest BCUT2D eigenvalue weighted by Gasteiger charge is -2.24. The summed E-state index contributed by atoms with van der Waals surface area (Å²) in [4.78, 5) is 18.2. The van der Waals surface area contributed by atoms with Gasteiger partial charge in [0.05, 0.1) is 22.3 Å². The zero-order chi connectivity index (χ0) is 19.4. The van der Waals surface area contributed by atoms with Crippen molar-refractivity contribution in [3.8, 4) is 5.69 Å². The van der Waals surface area contributed by atoms with Gasteiger partial charge in [-0.1, -0.05) is 35.3 Å². The van der Waals surface area contributed by atoms with Crippen LogP contribution in [0.3, 0.4) is 0 Å². The Morgan fingerprint density at radius 3 is 2.56 bits per heavy atom. The van der Waals surface area contributed by atoms with E-state index in [1.54, 1.807) is 29.2 Å². The van der Waals surface area contributed by atoms with Crippen LogP contribution in [0.15, 0.2) is 55.1 Å². The van der Waals surface area contributed by atoms with Crippen molar-refractivity contribution in [1.29, 1.82) is 0 Å². The van der Waals surface area contributed by atoms with Crippen molar-refractivity contribution in [3.63, 3.8) is 0 Å². The molecular formula is C19H19Cl2N5O. The smallest absolute Gasteiger partial charge is 0.238 e. The monoisotopic (exact) mass is 403 g/mol. The van der Waals surface area contributed by atoms with Gasteiger partial charge in [0, 0.05) is 11.7 Å². The summed E-state index contributed by atoms with van der Waals surface area (Å²) in [6.45, 7) is 2.29. The quantitative estimate of drug-likeness (QED) is 0.669. The topological polar surface area (TPSA) is 63.1 Å². The minimum Gasteiger partial charge on any atom is -0.325 e. The van der Waals surface area contributed by atoms with Crippen LogP contribution in [-0.2, 0) is 4.79 Å². The highest BCUT2D eigenvalue weighted by Crippen LogP contribution is 2.25. The third-order valence-corrected chi connectivity index (χ3v) is 5.06. The first-order chi connectivity index (χ1) is 12.9. The number of amides is 1. The first kappa shape index (κ1) is 19.4. The average Bonchev–Trinajstić information content (AvgIpc) is 3.19. The number of halogens is 2. The van der Waals surface area contributed by atoms with Crippen LogP contribution < -0.4 is 5.32 Å². The molecular weight excluding hydrogens is 385 g/mol. The van der Waals surface area contributed by atoms with Crippen molar-refractivity contribution in [3.05, 3.63) is 70.7 Å². The highest BCUT2D eigenvalue weighted by atomic mass is 35.5. The van der Waals surface area contributed by atoms with Gasteiger partial charge in [-0.2, -0.15) is 5.10 Å². The highest BCUT2D eigenvalue weighted by molar-refractivity contribution is 6.42. The summed E-state index contributed by atoms with van der Waals surface area (Å²) < 4.78 is 1.70. The molecule has 3 rings (SSSR count). The normalized spacial score (nSPS) is 12.2. The number of hydrogen-bond acceptors (Lipinski definition) is 4. The van der Waals surface area contributed by atoms with E-state index in [9.17, 15) is 4.79 Å².